The average molecular weight is 1090 g/mol. The van der Waals surface area contributed by atoms with Gasteiger partial charge in [-0.2, -0.15) is 0 Å². The molecule has 16 rings (SSSR count). The van der Waals surface area contributed by atoms with Crippen LogP contribution in [-0.2, 0) is 21.7 Å². The summed E-state index contributed by atoms with van der Waals surface area (Å²) in [6, 6.07) is 75.0. The Morgan fingerprint density at radius 3 is 1.89 bits per heavy atom. The number of nitrogens with zero attached hydrogens (tertiary/aromatic N) is 2. The van der Waals surface area contributed by atoms with Gasteiger partial charge in [0.15, 0.2) is 0 Å². The van der Waals surface area contributed by atoms with Crippen LogP contribution in [0.5, 0.6) is 0 Å². The molecular weight excluding hydrogens is 1030 g/mol. The molecule has 13 aromatic rings. The number of thiophene rings is 1. The number of nitrogens with one attached hydrogen (secondary N) is 1. The SMILES string of the molecule is CC(C)(C)c1ccc(Nc2cc3c(cc2-c2c4c5c(c6cc7c(cc6n5-c5c(sc6ccc(-c8ccccc8)cc56)B4)C(C)(C)CCC7(C)C)c4oc5ccccc5c24)C(C)(C)c2ccc(N(c4ccccc4)c4ccccc4)cc2-3)cc1. The fourth-order valence-corrected chi connectivity index (χ4v) is 16.0. The van der Waals surface area contributed by atoms with Crippen molar-refractivity contribution in [2.75, 3.05) is 10.2 Å². The Hall–Kier alpha value is -8.58. The number of aromatic nitrogens is 1. The molecule has 3 aromatic heterocycles. The molecule has 0 unspecified atom stereocenters. The average Bonchev–Trinajstić information content (AvgIpc) is 4.28. The van der Waals surface area contributed by atoms with Crippen LogP contribution < -0.4 is 20.5 Å². The Morgan fingerprint density at radius 1 is 0.542 bits per heavy atom. The Labute approximate surface area is 491 Å². The van der Waals surface area contributed by atoms with Crippen molar-refractivity contribution in [2.24, 2.45) is 0 Å². The minimum absolute atomic E-state index is 0.00966. The summed E-state index contributed by atoms with van der Waals surface area (Å²) in [5.74, 6) is 0. The van der Waals surface area contributed by atoms with Crippen LogP contribution in [0.15, 0.2) is 205 Å². The third-order valence-electron chi connectivity index (χ3n) is 19.4. The lowest BCUT2D eigenvalue weighted by Crippen LogP contribution is -2.35. The summed E-state index contributed by atoms with van der Waals surface area (Å²) < 4.78 is 12.9. The Balaban J connectivity index is 1.02. The van der Waals surface area contributed by atoms with Gasteiger partial charge in [0.05, 0.1) is 22.1 Å². The maximum Gasteiger partial charge on any atom is 0.211 e. The third kappa shape index (κ3) is 7.50. The van der Waals surface area contributed by atoms with E-state index in [0.717, 1.165) is 65.1 Å². The first kappa shape index (κ1) is 50.2. The van der Waals surface area contributed by atoms with E-state index in [4.69, 9.17) is 4.42 Å². The Morgan fingerprint density at radius 2 is 1.19 bits per heavy atom. The lowest BCUT2D eigenvalue weighted by molar-refractivity contribution is 0.332. The van der Waals surface area contributed by atoms with Gasteiger partial charge in [-0.3, -0.25) is 0 Å². The van der Waals surface area contributed by atoms with Crippen LogP contribution in [0.1, 0.15) is 103 Å². The molecule has 1 aliphatic heterocycles. The van der Waals surface area contributed by atoms with Crippen molar-refractivity contribution in [3.8, 4) is 39.1 Å². The highest BCUT2D eigenvalue weighted by molar-refractivity contribution is 7.29. The summed E-state index contributed by atoms with van der Waals surface area (Å²) in [6.07, 6.45) is 2.28. The van der Waals surface area contributed by atoms with E-state index in [1.807, 2.05) is 11.3 Å². The number of hydrogen-bond donors (Lipinski definition) is 1. The van der Waals surface area contributed by atoms with Crippen LogP contribution in [-0.4, -0.2) is 11.8 Å². The molecule has 1 N–H and O–H groups in total. The number of fused-ring (bicyclic) bond motifs is 15. The number of rotatable bonds is 7. The zero-order valence-electron chi connectivity index (χ0n) is 48.9. The summed E-state index contributed by atoms with van der Waals surface area (Å²) in [7, 11) is 0.780. The lowest BCUT2D eigenvalue weighted by atomic mass is 9.62. The van der Waals surface area contributed by atoms with Gasteiger partial charge < -0.3 is 19.2 Å². The van der Waals surface area contributed by atoms with Gasteiger partial charge >= 0.3 is 0 Å². The number of furan rings is 1. The van der Waals surface area contributed by atoms with Gasteiger partial charge in [-0.15, -0.1) is 11.3 Å². The molecule has 3 aliphatic rings. The summed E-state index contributed by atoms with van der Waals surface area (Å²) in [6.45, 7) is 21.6. The van der Waals surface area contributed by atoms with E-state index in [2.05, 4.69) is 277 Å². The van der Waals surface area contributed by atoms with Gasteiger partial charge in [0.1, 0.15) is 11.2 Å². The minimum Gasteiger partial charge on any atom is -0.455 e. The highest BCUT2D eigenvalue weighted by Gasteiger charge is 2.42. The van der Waals surface area contributed by atoms with E-state index >= 15 is 0 Å². The maximum atomic E-state index is 7.50. The van der Waals surface area contributed by atoms with Gasteiger partial charge in [0.2, 0.25) is 7.28 Å². The highest BCUT2D eigenvalue weighted by Crippen LogP contribution is 2.56. The molecule has 4 nitrogen and oxygen atoms in total. The van der Waals surface area contributed by atoms with Crippen molar-refractivity contribution < 1.29 is 4.42 Å². The molecule has 6 heteroatoms. The van der Waals surface area contributed by atoms with E-state index in [1.54, 1.807) is 0 Å². The van der Waals surface area contributed by atoms with Gasteiger partial charge in [-0.05, 0) is 186 Å². The van der Waals surface area contributed by atoms with Crippen LogP contribution in [0.3, 0.4) is 0 Å². The van der Waals surface area contributed by atoms with Crippen molar-refractivity contribution in [3.63, 3.8) is 0 Å². The topological polar surface area (TPSA) is 33.3 Å². The summed E-state index contributed by atoms with van der Waals surface area (Å²) in [4.78, 5) is 2.39. The highest BCUT2D eigenvalue weighted by atomic mass is 32.1. The third-order valence-corrected chi connectivity index (χ3v) is 20.5. The molecule has 0 spiro atoms. The lowest BCUT2D eigenvalue weighted by Gasteiger charge is -2.42. The molecule has 2 aliphatic carbocycles. The maximum absolute atomic E-state index is 7.50. The molecule has 83 heavy (non-hydrogen) atoms. The standard InChI is InChI=1S/C77H66BN3OS/c1-74(2,3)47-30-32-48(33-31-47)79-62-43-54-53-40-51(80(49-23-15-11-16-24-49)50-25-17-12-18-26-50)34-35-58(53)77(8,9)59(54)41-55(62)66-67-52-27-19-20-28-64(52)82-72(67)68-56-42-60-61(76(6,7)38-37-75(60,4)5)44-63(56)81-70-57-39-46(45-21-13-10-14-22-45)29-36-65(57)83-73(70)78-69(66)71(68)81/h10-36,39-44,78-79H,37-38H2,1-9H3. The predicted molar refractivity (Wildman–Crippen MR) is 357 cm³/mol. The predicted octanol–water partition coefficient (Wildman–Crippen LogP) is 20.1. The van der Waals surface area contributed by atoms with E-state index in [-0.39, 0.29) is 21.7 Å². The van der Waals surface area contributed by atoms with Crippen LogP contribution in [0.4, 0.5) is 28.4 Å². The van der Waals surface area contributed by atoms with Crippen LogP contribution >= 0.6 is 11.3 Å². The minimum atomic E-state index is -0.323. The Bertz CT molecular complexity index is 4800. The van der Waals surface area contributed by atoms with E-state index in [0.29, 0.717) is 0 Å². The van der Waals surface area contributed by atoms with Crippen molar-refractivity contribution >= 4 is 111 Å². The Kier molecular flexibility index (Phi) is 10.7. The molecule has 404 valence electrons. The van der Waals surface area contributed by atoms with Crippen molar-refractivity contribution in [2.45, 2.75) is 96.8 Å². The molecule has 10 aromatic carbocycles. The number of hydrogen-bond acceptors (Lipinski definition) is 4. The van der Waals surface area contributed by atoms with Crippen LogP contribution in [0, 0.1) is 0 Å². The first-order valence-electron chi connectivity index (χ1n) is 29.7. The fraction of sp³-hybridized carbons (Fsp3) is 0.195. The molecule has 4 heterocycles. The zero-order chi connectivity index (χ0) is 56.5. The van der Waals surface area contributed by atoms with Gasteiger partial charge in [0, 0.05) is 65.7 Å². The van der Waals surface area contributed by atoms with Gasteiger partial charge in [0.25, 0.3) is 0 Å². The molecule has 0 atom stereocenters. The molecule has 0 saturated carbocycles. The second kappa shape index (κ2) is 17.7. The number of para-hydroxylation sites is 3. The molecule has 0 radical (unpaired) electrons. The largest absolute Gasteiger partial charge is 0.455 e. The first-order valence-corrected chi connectivity index (χ1v) is 30.6. The normalized spacial score (nSPS) is 15.3. The molecule has 0 saturated heterocycles. The van der Waals surface area contributed by atoms with Gasteiger partial charge in [-0.25, -0.2) is 0 Å². The first-order chi connectivity index (χ1) is 40.0. The van der Waals surface area contributed by atoms with E-state index < -0.39 is 0 Å². The molecular formula is C77H66BN3OS. The van der Waals surface area contributed by atoms with E-state index in [9.17, 15) is 0 Å². The van der Waals surface area contributed by atoms with Crippen molar-refractivity contribution in [1.82, 2.24) is 4.57 Å². The summed E-state index contributed by atoms with van der Waals surface area (Å²) in [5, 5.41) is 10.3. The quantitative estimate of drug-likeness (QED) is 0.162. The molecule has 0 bridgehead atoms. The summed E-state index contributed by atoms with van der Waals surface area (Å²) >= 11 is 1.96. The molecule has 0 amide bonds. The number of anilines is 5. The fourth-order valence-electron chi connectivity index (χ4n) is 14.8. The van der Waals surface area contributed by atoms with Crippen molar-refractivity contribution in [1.29, 1.82) is 0 Å². The summed E-state index contributed by atoms with van der Waals surface area (Å²) in [5.41, 5.74) is 26.5. The van der Waals surface area contributed by atoms with Crippen LogP contribution in [0.25, 0.3) is 92.9 Å². The second-order valence-electron chi connectivity index (χ2n) is 26.8. The van der Waals surface area contributed by atoms with Crippen molar-refractivity contribution in [3.05, 3.63) is 228 Å². The number of benzene rings is 10. The molecule has 0 fully saturated rings. The van der Waals surface area contributed by atoms with E-state index in [1.165, 1.54) is 114 Å². The monoisotopic (exact) mass is 1090 g/mol. The smallest absolute Gasteiger partial charge is 0.211 e. The van der Waals surface area contributed by atoms with Crippen LogP contribution in [0.2, 0.25) is 0 Å². The second-order valence-corrected chi connectivity index (χ2v) is 27.9. The zero-order valence-corrected chi connectivity index (χ0v) is 49.7. The van der Waals surface area contributed by atoms with Gasteiger partial charge in [-0.1, -0.05) is 172 Å².